The summed E-state index contributed by atoms with van der Waals surface area (Å²) in [7, 11) is 0. The van der Waals surface area contributed by atoms with Crippen molar-refractivity contribution in [1.29, 1.82) is 5.26 Å². The number of ether oxygens (including phenoxy) is 3. The molecule has 210 valence electrons. The van der Waals surface area contributed by atoms with Crippen LogP contribution in [0.2, 0.25) is 0 Å². The molecular weight excluding hydrogens is 509 g/mol. The van der Waals surface area contributed by atoms with Gasteiger partial charge in [-0.25, -0.2) is 14.0 Å². The lowest BCUT2D eigenvalue weighted by atomic mass is 10.1. The van der Waals surface area contributed by atoms with Crippen LogP contribution in [0.1, 0.15) is 97.4 Å². The summed E-state index contributed by atoms with van der Waals surface area (Å²) in [6.07, 6.45) is 12.1. The zero-order valence-corrected chi connectivity index (χ0v) is 23.0. The number of nitriles is 1. The maximum absolute atomic E-state index is 14.5. The Morgan fingerprint density at radius 2 is 1.20 bits per heavy atom. The number of carbonyl (C=O) groups excluding carboxylic acids is 2. The van der Waals surface area contributed by atoms with Crippen molar-refractivity contribution < 1.29 is 28.2 Å². The zero-order valence-electron chi connectivity index (χ0n) is 23.0. The van der Waals surface area contributed by atoms with Crippen LogP contribution in [0.4, 0.5) is 4.39 Å². The van der Waals surface area contributed by atoms with E-state index in [2.05, 4.69) is 6.92 Å². The minimum atomic E-state index is -0.729. The quantitative estimate of drug-likeness (QED) is 0.102. The van der Waals surface area contributed by atoms with Gasteiger partial charge in [0.25, 0.3) is 0 Å². The highest BCUT2D eigenvalue weighted by molar-refractivity contribution is 5.92. The van der Waals surface area contributed by atoms with Crippen molar-refractivity contribution in [1.82, 2.24) is 0 Å². The van der Waals surface area contributed by atoms with Crippen LogP contribution in [0.25, 0.3) is 0 Å². The predicted molar refractivity (Wildman–Crippen MR) is 151 cm³/mol. The second-order valence-corrected chi connectivity index (χ2v) is 9.62. The average molecular weight is 546 g/mol. The first kappa shape index (κ1) is 30.4. The monoisotopic (exact) mass is 545 g/mol. The number of rotatable bonds is 16. The molecule has 0 heterocycles. The molecule has 0 unspecified atom stereocenters. The van der Waals surface area contributed by atoms with Crippen molar-refractivity contribution in [2.45, 2.75) is 71.1 Å². The Labute approximate surface area is 235 Å². The largest absolute Gasteiger partial charge is 0.491 e. The number of hydrogen-bond acceptors (Lipinski definition) is 6. The second kappa shape index (κ2) is 16.7. The van der Waals surface area contributed by atoms with E-state index in [9.17, 15) is 14.0 Å². The van der Waals surface area contributed by atoms with E-state index in [1.165, 1.54) is 93.5 Å². The van der Waals surface area contributed by atoms with Crippen molar-refractivity contribution in [3.8, 4) is 23.3 Å². The molecule has 0 aliphatic carbocycles. The van der Waals surface area contributed by atoms with Crippen LogP contribution in [0.15, 0.2) is 66.7 Å². The standard InChI is InChI=1S/C33H36FNO5/c1-2-3-4-5-6-7-8-9-10-11-22-38-31-21-16-27(23-30(31)34)33(37)40-29-19-14-26(15-20-29)32(36)39-28-17-12-25(24-35)13-18-28/h12-21,23H,2-11,22H2,1H3. The number of benzene rings is 3. The molecule has 0 atom stereocenters. The molecule has 3 aromatic rings. The minimum absolute atomic E-state index is 0.0492. The van der Waals surface area contributed by atoms with Crippen molar-refractivity contribution in [2.75, 3.05) is 6.61 Å². The smallest absolute Gasteiger partial charge is 0.343 e. The Morgan fingerprint density at radius 3 is 1.75 bits per heavy atom. The molecule has 0 aliphatic heterocycles. The fourth-order valence-electron chi connectivity index (χ4n) is 4.10. The highest BCUT2D eigenvalue weighted by Gasteiger charge is 2.14. The Bertz CT molecular complexity index is 1270. The van der Waals surface area contributed by atoms with E-state index in [-0.39, 0.29) is 22.6 Å². The summed E-state index contributed by atoms with van der Waals surface area (Å²) in [6.45, 7) is 2.65. The highest BCUT2D eigenvalue weighted by atomic mass is 19.1. The third-order valence-corrected chi connectivity index (χ3v) is 6.42. The summed E-state index contributed by atoms with van der Waals surface area (Å²) >= 11 is 0. The van der Waals surface area contributed by atoms with Gasteiger partial charge in [-0.15, -0.1) is 0 Å². The summed E-state index contributed by atoms with van der Waals surface area (Å²) < 4.78 is 30.7. The fourth-order valence-corrected chi connectivity index (χ4v) is 4.10. The van der Waals surface area contributed by atoms with Gasteiger partial charge in [0.15, 0.2) is 11.6 Å². The SMILES string of the molecule is CCCCCCCCCCCCOc1ccc(C(=O)Oc2ccc(C(=O)Oc3ccc(C#N)cc3)cc2)cc1F. The van der Waals surface area contributed by atoms with Crippen molar-refractivity contribution in [2.24, 2.45) is 0 Å². The Balaban J connectivity index is 1.39. The highest BCUT2D eigenvalue weighted by Crippen LogP contribution is 2.22. The fraction of sp³-hybridized carbons (Fsp3) is 0.364. The van der Waals surface area contributed by atoms with Crippen molar-refractivity contribution >= 4 is 11.9 Å². The minimum Gasteiger partial charge on any atom is -0.491 e. The Morgan fingerprint density at radius 1 is 0.700 bits per heavy atom. The van der Waals surface area contributed by atoms with Crippen molar-refractivity contribution in [3.05, 3.63) is 89.2 Å². The van der Waals surface area contributed by atoms with Gasteiger partial charge >= 0.3 is 11.9 Å². The van der Waals surface area contributed by atoms with E-state index < -0.39 is 17.8 Å². The first-order chi connectivity index (χ1) is 19.5. The van der Waals surface area contributed by atoms with E-state index >= 15 is 0 Å². The molecule has 7 heteroatoms. The maximum atomic E-state index is 14.5. The first-order valence-electron chi connectivity index (χ1n) is 14.0. The number of nitrogens with zero attached hydrogens (tertiary/aromatic N) is 1. The topological polar surface area (TPSA) is 85.6 Å². The Kier molecular flexibility index (Phi) is 12.7. The van der Waals surface area contributed by atoms with E-state index in [0.29, 0.717) is 17.9 Å². The molecular formula is C33H36FNO5. The van der Waals surface area contributed by atoms with Crippen LogP contribution < -0.4 is 14.2 Å². The number of halogens is 1. The number of carbonyl (C=O) groups is 2. The van der Waals surface area contributed by atoms with Crippen LogP contribution in [-0.2, 0) is 0 Å². The van der Waals surface area contributed by atoms with Crippen molar-refractivity contribution in [3.63, 3.8) is 0 Å². The van der Waals surface area contributed by atoms with Gasteiger partial charge in [-0.3, -0.25) is 0 Å². The van der Waals surface area contributed by atoms with Gasteiger partial charge in [-0.05, 0) is 73.2 Å². The molecule has 0 fully saturated rings. The number of esters is 2. The molecule has 0 spiro atoms. The van der Waals surface area contributed by atoms with Gasteiger partial charge in [-0.2, -0.15) is 5.26 Å². The molecule has 0 radical (unpaired) electrons. The van der Waals surface area contributed by atoms with Gasteiger partial charge in [0.1, 0.15) is 11.5 Å². The molecule has 0 aromatic heterocycles. The molecule has 3 rings (SSSR count). The van der Waals surface area contributed by atoms with Gasteiger partial charge in [0.2, 0.25) is 0 Å². The summed E-state index contributed by atoms with van der Waals surface area (Å²) in [5.74, 6) is -1.34. The average Bonchev–Trinajstić information content (AvgIpc) is 2.97. The number of hydrogen-bond donors (Lipinski definition) is 0. The Hall–Kier alpha value is -4.18. The molecule has 0 N–H and O–H groups in total. The van der Waals surface area contributed by atoms with Crippen LogP contribution in [0.3, 0.4) is 0 Å². The predicted octanol–water partition coefficient (Wildman–Crippen LogP) is 8.44. The second-order valence-electron chi connectivity index (χ2n) is 9.62. The summed E-state index contributed by atoms with van der Waals surface area (Å²) in [5, 5.41) is 8.85. The van der Waals surface area contributed by atoms with Gasteiger partial charge in [0, 0.05) is 0 Å². The lowest BCUT2D eigenvalue weighted by molar-refractivity contribution is 0.0730. The van der Waals surface area contributed by atoms with E-state index in [4.69, 9.17) is 19.5 Å². The van der Waals surface area contributed by atoms with Crippen LogP contribution >= 0.6 is 0 Å². The first-order valence-corrected chi connectivity index (χ1v) is 14.0. The summed E-state index contributed by atoms with van der Waals surface area (Å²) in [4.78, 5) is 24.8. The molecule has 40 heavy (non-hydrogen) atoms. The third kappa shape index (κ3) is 10.2. The van der Waals surface area contributed by atoms with E-state index in [1.54, 1.807) is 12.1 Å². The summed E-state index contributed by atoms with van der Waals surface area (Å²) in [5.41, 5.74) is 0.754. The van der Waals surface area contributed by atoms with E-state index in [0.717, 1.165) is 25.3 Å². The number of unbranched alkanes of at least 4 members (excludes halogenated alkanes) is 9. The lowest BCUT2D eigenvalue weighted by Gasteiger charge is -2.09. The van der Waals surface area contributed by atoms with Crippen LogP contribution in [0, 0.1) is 17.1 Å². The van der Waals surface area contributed by atoms with E-state index in [1.807, 2.05) is 6.07 Å². The molecule has 0 amide bonds. The van der Waals surface area contributed by atoms with Gasteiger partial charge in [-0.1, -0.05) is 64.7 Å². The third-order valence-electron chi connectivity index (χ3n) is 6.42. The molecule has 3 aromatic carbocycles. The zero-order chi connectivity index (χ0) is 28.6. The lowest BCUT2D eigenvalue weighted by Crippen LogP contribution is -2.11. The normalized spacial score (nSPS) is 10.5. The molecule has 6 nitrogen and oxygen atoms in total. The molecule has 0 saturated heterocycles. The molecule has 0 saturated carbocycles. The van der Waals surface area contributed by atoms with Gasteiger partial charge < -0.3 is 14.2 Å². The molecule has 0 bridgehead atoms. The van der Waals surface area contributed by atoms with Crippen LogP contribution in [0.5, 0.6) is 17.2 Å². The molecule has 0 aliphatic rings. The summed E-state index contributed by atoms with van der Waals surface area (Å²) in [6, 6.07) is 18.0. The maximum Gasteiger partial charge on any atom is 0.343 e. The van der Waals surface area contributed by atoms with Gasteiger partial charge in [0.05, 0.1) is 29.4 Å². The van der Waals surface area contributed by atoms with Crippen LogP contribution in [-0.4, -0.2) is 18.5 Å².